The van der Waals surface area contributed by atoms with E-state index < -0.39 is 73.3 Å². The summed E-state index contributed by atoms with van der Waals surface area (Å²) < 4.78 is 58.7. The number of pyridine rings is 2. The zero-order valence-electron chi connectivity index (χ0n) is 44.9. The number of imide groups is 1. The van der Waals surface area contributed by atoms with Crippen molar-refractivity contribution >= 4 is 59.7 Å². The van der Waals surface area contributed by atoms with E-state index in [1.165, 1.54) is 4.90 Å². The summed E-state index contributed by atoms with van der Waals surface area (Å²) in [5.41, 5.74) is 2.64. The number of amides is 3. The van der Waals surface area contributed by atoms with Crippen molar-refractivity contribution in [3.63, 3.8) is 0 Å². The van der Waals surface area contributed by atoms with Crippen molar-refractivity contribution in [3.8, 4) is 34.7 Å². The van der Waals surface area contributed by atoms with E-state index in [0.29, 0.717) is 47.0 Å². The monoisotopic (exact) mass is 1040 g/mol. The van der Waals surface area contributed by atoms with Crippen LogP contribution < -0.4 is 19.3 Å². The highest BCUT2D eigenvalue weighted by Gasteiger charge is 2.54. The molecule has 396 valence electrons. The third-order valence-corrected chi connectivity index (χ3v) is 21.9. The normalized spacial score (nSPS) is 23.7. The molecule has 4 aromatic rings. The van der Waals surface area contributed by atoms with Crippen LogP contribution in [0.5, 0.6) is 11.9 Å². The van der Waals surface area contributed by atoms with Crippen molar-refractivity contribution in [1.29, 1.82) is 0 Å². The van der Waals surface area contributed by atoms with Gasteiger partial charge in [-0.2, -0.15) is 14.9 Å². The van der Waals surface area contributed by atoms with Crippen LogP contribution >= 0.6 is 0 Å². The summed E-state index contributed by atoms with van der Waals surface area (Å²) in [5, 5.41) is 11.5. The number of carbonyl (C=O) groups excluding carboxylic acids is 2. The highest BCUT2D eigenvalue weighted by Crippen LogP contribution is 2.49. The molecular weight excluding hydrogens is 967 g/mol. The lowest BCUT2D eigenvalue weighted by Gasteiger charge is -2.47. The van der Waals surface area contributed by atoms with Crippen LogP contribution in [-0.2, 0) is 9.47 Å². The molecule has 0 spiro atoms. The zero-order chi connectivity index (χ0) is 53.7. The summed E-state index contributed by atoms with van der Waals surface area (Å²) in [6.07, 6.45) is -3.11. The maximum atomic E-state index is 18.6. The van der Waals surface area contributed by atoms with Gasteiger partial charge in [0.25, 0.3) is 0 Å². The van der Waals surface area contributed by atoms with E-state index in [2.05, 4.69) is 59.6 Å². The molecule has 4 fully saturated rings. The quantitative estimate of drug-likeness (QED) is 0.100. The average Bonchev–Trinajstić information content (AvgIpc) is 3.85. The maximum Gasteiger partial charge on any atom is 0.425 e. The molecule has 3 amide bonds. The van der Waals surface area contributed by atoms with E-state index in [4.69, 9.17) is 38.9 Å². The molecule has 2 bridgehead atoms. The lowest BCUT2D eigenvalue weighted by atomic mass is 9.93. The summed E-state index contributed by atoms with van der Waals surface area (Å²) in [6.45, 7) is 30.3. The van der Waals surface area contributed by atoms with Crippen molar-refractivity contribution in [3.05, 3.63) is 47.8 Å². The van der Waals surface area contributed by atoms with Crippen LogP contribution in [0.15, 0.2) is 36.4 Å². The lowest BCUT2D eigenvalue weighted by molar-refractivity contribution is 0.0428. The fourth-order valence-corrected chi connectivity index (χ4v) is 18.0. The summed E-state index contributed by atoms with van der Waals surface area (Å²) in [4.78, 5) is 67.3. The number of rotatable bonds is 8. The van der Waals surface area contributed by atoms with Crippen molar-refractivity contribution in [2.45, 2.75) is 179 Å². The number of ether oxygens (including phenoxy) is 4. The summed E-state index contributed by atoms with van der Waals surface area (Å²) in [5.74, 6) is 2.58. The van der Waals surface area contributed by atoms with Gasteiger partial charge in [-0.3, -0.25) is 9.80 Å². The fraction of sp³-hybridized carbons (Fsp3) is 0.582. The highest BCUT2D eigenvalue weighted by atomic mass is 28.3. The predicted molar refractivity (Wildman–Crippen MR) is 282 cm³/mol. The van der Waals surface area contributed by atoms with Gasteiger partial charge in [-0.05, 0) is 102 Å². The maximum absolute atomic E-state index is 18.6. The number of hydrogen-bond acceptors (Lipinski definition) is 13. The number of alkyl halides is 1. The number of piperazine rings is 1. The summed E-state index contributed by atoms with van der Waals surface area (Å²) in [6, 6.07) is 5.30. The molecule has 9 rings (SSSR count). The fourth-order valence-electron chi connectivity index (χ4n) is 12.8. The molecule has 0 saturated carbocycles. The number of carboxylic acid groups (broad SMARTS) is 1. The second-order valence-electron chi connectivity index (χ2n) is 23.9. The van der Waals surface area contributed by atoms with E-state index in [1.807, 2.05) is 22.8 Å². The Balaban J connectivity index is 1.32. The lowest BCUT2D eigenvalue weighted by Crippen LogP contribution is -2.64. The van der Waals surface area contributed by atoms with Gasteiger partial charge in [-0.15, -0.1) is 5.54 Å². The van der Waals surface area contributed by atoms with Crippen LogP contribution in [0.25, 0.3) is 33.1 Å². The number of benzene rings is 1. The van der Waals surface area contributed by atoms with Crippen molar-refractivity contribution < 1.29 is 47.2 Å². The summed E-state index contributed by atoms with van der Waals surface area (Å²) >= 11 is 0. The second kappa shape index (κ2) is 18.9. The van der Waals surface area contributed by atoms with Crippen molar-refractivity contribution in [2.24, 2.45) is 0 Å². The van der Waals surface area contributed by atoms with E-state index in [-0.39, 0.29) is 94.6 Å². The van der Waals surface area contributed by atoms with Crippen LogP contribution in [0.3, 0.4) is 0 Å². The standard InChI is InChI=1S/C55H70F2N8O8Si/c1-29(2)74(30(3)4,31(5)6)21-20-34-16-15-17-35-22-39(65(51(68)72-53(9,10)11)52(69)73-54(12,13)14)58-44(40(34)35)45-42(57)43-41-47(61-49(60-43)70-28-55-23-32(7)25-62(55)26-36(56)24-55)63-27-37-18-19-38(64(37)50(66)67)46(63)33(8)71-48(41)59-45/h15-17,22,29-31,33,36-38,46H,7,18-19,23-28H2,1-6,8-14H3,(H,66,67)/t33?,36-,37?,38?,46?,55?/m1/s1. The van der Waals surface area contributed by atoms with Gasteiger partial charge in [-0.1, -0.05) is 71.7 Å². The van der Waals surface area contributed by atoms with Crippen LogP contribution in [0.2, 0.25) is 16.6 Å². The van der Waals surface area contributed by atoms with Gasteiger partial charge in [0.05, 0.1) is 23.7 Å². The summed E-state index contributed by atoms with van der Waals surface area (Å²) in [7, 11) is -2.37. The first-order valence-electron chi connectivity index (χ1n) is 25.9. The van der Waals surface area contributed by atoms with Crippen LogP contribution in [0, 0.1) is 17.3 Å². The minimum Gasteiger partial charge on any atom is -0.472 e. The number of hydrogen-bond donors (Lipinski definition) is 1. The Kier molecular flexibility index (Phi) is 13.5. The van der Waals surface area contributed by atoms with Crippen LogP contribution in [-0.4, -0.2) is 135 Å². The van der Waals surface area contributed by atoms with Gasteiger partial charge in [0.1, 0.15) is 72.1 Å². The van der Waals surface area contributed by atoms with E-state index >= 15 is 8.78 Å². The number of nitrogens with zero attached hydrogens (tertiary/aromatic N) is 8. The van der Waals surface area contributed by atoms with Gasteiger partial charge in [0.15, 0.2) is 5.82 Å². The second-order valence-corrected chi connectivity index (χ2v) is 29.5. The number of halogens is 2. The first kappa shape index (κ1) is 52.7. The Labute approximate surface area is 433 Å². The van der Waals surface area contributed by atoms with Crippen LogP contribution in [0.4, 0.5) is 34.8 Å². The Morgan fingerprint density at radius 3 is 2.23 bits per heavy atom. The predicted octanol–water partition coefficient (Wildman–Crippen LogP) is 11.2. The van der Waals surface area contributed by atoms with Crippen LogP contribution in [0.1, 0.15) is 121 Å². The molecule has 0 aliphatic carbocycles. The Hall–Kier alpha value is -6.13. The largest absolute Gasteiger partial charge is 0.472 e. The molecule has 8 heterocycles. The third kappa shape index (κ3) is 9.27. The molecule has 6 atom stereocenters. The van der Waals surface area contributed by atoms with Crippen molar-refractivity contribution in [1.82, 2.24) is 29.7 Å². The topological polar surface area (TPSA) is 173 Å². The number of anilines is 2. The molecule has 1 N–H and O–H groups in total. The molecule has 19 heteroatoms. The molecule has 5 unspecified atom stereocenters. The first-order chi connectivity index (χ1) is 34.6. The molecule has 74 heavy (non-hydrogen) atoms. The molecule has 5 aliphatic rings. The van der Waals surface area contributed by atoms with Gasteiger partial charge in [0.2, 0.25) is 5.88 Å². The Morgan fingerprint density at radius 2 is 1.61 bits per heavy atom. The van der Waals surface area contributed by atoms with Gasteiger partial charge >= 0.3 is 24.3 Å². The van der Waals surface area contributed by atoms with Gasteiger partial charge < -0.3 is 29.0 Å². The Morgan fingerprint density at radius 1 is 0.946 bits per heavy atom. The molecule has 16 nitrogen and oxygen atoms in total. The van der Waals surface area contributed by atoms with E-state index in [9.17, 15) is 19.5 Å². The van der Waals surface area contributed by atoms with Gasteiger partial charge in [0, 0.05) is 37.0 Å². The SMILES string of the molecule is C=C1CN2C[C@H](F)CC2(COc2nc3c4c(nc(-c5nc(N(C(=O)OC(C)(C)C)C(=O)OC(C)(C)C)cc6cccc(C#C[Si](C(C)C)(C(C)C)C(C)C)c56)c(F)c4n2)OC(C)C2C4CCC(CN32)N4C(=O)O)C1. The number of fused-ring (bicyclic) bond motifs is 7. The minimum absolute atomic E-state index is 0.00640. The smallest absolute Gasteiger partial charge is 0.425 e. The zero-order valence-corrected chi connectivity index (χ0v) is 45.9. The Bertz CT molecular complexity index is 2970. The van der Waals surface area contributed by atoms with Crippen molar-refractivity contribution in [2.75, 3.05) is 36.0 Å². The number of carbonyl (C=O) groups is 3. The number of aromatic nitrogens is 4. The average molecular weight is 1040 g/mol. The van der Waals surface area contributed by atoms with E-state index in [0.717, 1.165) is 5.57 Å². The minimum atomic E-state index is -2.37. The molecule has 5 aliphatic heterocycles. The molecule has 3 aromatic heterocycles. The molecule has 0 radical (unpaired) electrons. The highest BCUT2D eigenvalue weighted by molar-refractivity contribution is 6.90. The molecule has 4 saturated heterocycles. The third-order valence-electron chi connectivity index (χ3n) is 15.6. The van der Waals surface area contributed by atoms with E-state index in [1.54, 1.807) is 59.7 Å². The molecular formula is C55H70F2N8O8Si. The first-order valence-corrected chi connectivity index (χ1v) is 28.1. The van der Waals surface area contributed by atoms with Gasteiger partial charge in [-0.25, -0.2) is 33.1 Å². The molecule has 1 aromatic carbocycles.